The number of fused-ring (bicyclic) bond motifs is 1. The second-order valence-corrected chi connectivity index (χ2v) is 7.60. The van der Waals surface area contributed by atoms with Crippen molar-refractivity contribution >= 4 is 22.8 Å². The van der Waals surface area contributed by atoms with Crippen LogP contribution in [0.4, 0.5) is 0 Å². The molecule has 0 radical (unpaired) electrons. The Morgan fingerprint density at radius 2 is 2.20 bits per heavy atom. The van der Waals surface area contributed by atoms with Gasteiger partial charge in [0.1, 0.15) is 5.82 Å². The van der Waals surface area contributed by atoms with Crippen molar-refractivity contribution in [2.45, 2.75) is 44.4 Å². The van der Waals surface area contributed by atoms with Crippen molar-refractivity contribution in [1.29, 1.82) is 5.26 Å². The lowest BCUT2D eigenvalue weighted by Crippen LogP contribution is -2.24. The molecule has 1 atom stereocenters. The number of aromatic nitrogens is 2. The molecule has 4 heteroatoms. The molecule has 3 rings (SSSR count). The quantitative estimate of drug-likeness (QED) is 0.787. The average molecular weight is 285 g/mol. The molecular formula is C16H19N3S. The van der Waals surface area contributed by atoms with Crippen LogP contribution < -0.4 is 0 Å². The molecule has 1 aromatic carbocycles. The molecule has 1 unspecified atom stereocenters. The van der Waals surface area contributed by atoms with Gasteiger partial charge in [0.05, 0.1) is 27.9 Å². The average Bonchev–Trinajstić information content (AvgIpc) is 3.03. The largest absolute Gasteiger partial charge is 0.322 e. The highest BCUT2D eigenvalue weighted by atomic mass is 32.2. The molecule has 3 nitrogen and oxygen atoms in total. The molecule has 104 valence electrons. The summed E-state index contributed by atoms with van der Waals surface area (Å²) in [5.74, 6) is 2.40. The van der Waals surface area contributed by atoms with Crippen LogP contribution in [0.2, 0.25) is 0 Å². The van der Waals surface area contributed by atoms with E-state index < -0.39 is 0 Å². The lowest BCUT2D eigenvalue weighted by atomic mass is 10.1. The summed E-state index contributed by atoms with van der Waals surface area (Å²) in [5.41, 5.74) is 2.77. The van der Waals surface area contributed by atoms with Crippen molar-refractivity contribution in [3.05, 3.63) is 29.6 Å². The van der Waals surface area contributed by atoms with E-state index in [4.69, 9.17) is 10.2 Å². The number of hydrogen-bond donors (Lipinski definition) is 0. The Morgan fingerprint density at radius 3 is 2.80 bits per heavy atom. The molecule has 20 heavy (non-hydrogen) atoms. The summed E-state index contributed by atoms with van der Waals surface area (Å²) in [6.07, 6.45) is 2.47. The summed E-state index contributed by atoms with van der Waals surface area (Å²) >= 11 is 2.00. The molecule has 1 fully saturated rings. The molecule has 0 saturated carbocycles. The zero-order valence-electron chi connectivity index (χ0n) is 12.2. The lowest BCUT2D eigenvalue weighted by Gasteiger charge is -2.26. The molecule has 0 N–H and O–H groups in total. The SMILES string of the molecule is CC(C)(C)n1c(C2CCCS2)nc2cc(C#N)ccc21. The number of imidazole rings is 1. The Kier molecular flexibility index (Phi) is 3.25. The molecule has 2 heterocycles. The summed E-state index contributed by atoms with van der Waals surface area (Å²) in [6.45, 7) is 6.65. The standard InChI is InChI=1S/C16H19N3S/c1-16(2,3)19-13-7-6-11(10-17)9-12(13)18-15(19)14-5-4-8-20-14/h6-7,9,14H,4-5,8H2,1-3H3. The van der Waals surface area contributed by atoms with E-state index in [1.807, 2.05) is 30.0 Å². The highest BCUT2D eigenvalue weighted by Crippen LogP contribution is 2.42. The highest BCUT2D eigenvalue weighted by molar-refractivity contribution is 7.99. The monoisotopic (exact) mass is 285 g/mol. The van der Waals surface area contributed by atoms with E-state index in [-0.39, 0.29) is 5.54 Å². The van der Waals surface area contributed by atoms with Gasteiger partial charge in [-0.15, -0.1) is 0 Å². The number of nitriles is 1. The van der Waals surface area contributed by atoms with E-state index in [0.29, 0.717) is 10.8 Å². The van der Waals surface area contributed by atoms with Gasteiger partial charge >= 0.3 is 0 Å². The Labute approximate surface area is 124 Å². The van der Waals surface area contributed by atoms with Crippen LogP contribution in [0.1, 0.15) is 50.3 Å². The summed E-state index contributed by atoms with van der Waals surface area (Å²) in [4.78, 5) is 4.86. The first-order valence-electron chi connectivity index (χ1n) is 7.05. The van der Waals surface area contributed by atoms with Crippen LogP contribution in [0.25, 0.3) is 11.0 Å². The number of rotatable bonds is 1. The van der Waals surface area contributed by atoms with Gasteiger partial charge < -0.3 is 4.57 Å². The Hall–Kier alpha value is -1.47. The van der Waals surface area contributed by atoms with Crippen molar-refractivity contribution < 1.29 is 0 Å². The zero-order valence-corrected chi connectivity index (χ0v) is 13.0. The van der Waals surface area contributed by atoms with E-state index in [0.717, 1.165) is 11.0 Å². The normalized spacial score (nSPS) is 19.4. The third kappa shape index (κ3) is 2.20. The number of thioether (sulfide) groups is 1. The molecule has 0 aliphatic carbocycles. The fourth-order valence-corrected chi connectivity index (χ4v) is 4.13. The summed E-state index contributed by atoms with van der Waals surface area (Å²) in [6, 6.07) is 8.03. The Morgan fingerprint density at radius 1 is 1.40 bits per heavy atom. The summed E-state index contributed by atoms with van der Waals surface area (Å²) < 4.78 is 2.35. The maximum absolute atomic E-state index is 9.06. The minimum absolute atomic E-state index is 0.00138. The maximum atomic E-state index is 9.06. The smallest absolute Gasteiger partial charge is 0.123 e. The maximum Gasteiger partial charge on any atom is 0.123 e. The van der Waals surface area contributed by atoms with Crippen LogP contribution in [-0.2, 0) is 5.54 Å². The minimum Gasteiger partial charge on any atom is -0.322 e. The lowest BCUT2D eigenvalue weighted by molar-refractivity contribution is 0.392. The van der Waals surface area contributed by atoms with Gasteiger partial charge in [0.25, 0.3) is 0 Å². The highest BCUT2D eigenvalue weighted by Gasteiger charge is 2.28. The first-order chi connectivity index (χ1) is 9.50. The predicted molar refractivity (Wildman–Crippen MR) is 83.9 cm³/mol. The molecule has 1 aliphatic rings. The third-order valence-electron chi connectivity index (χ3n) is 3.70. The van der Waals surface area contributed by atoms with Crippen LogP contribution >= 0.6 is 11.8 Å². The van der Waals surface area contributed by atoms with Crippen LogP contribution in [0.15, 0.2) is 18.2 Å². The molecule has 0 bridgehead atoms. The van der Waals surface area contributed by atoms with Crippen molar-refractivity contribution in [2.75, 3.05) is 5.75 Å². The number of benzene rings is 1. The van der Waals surface area contributed by atoms with Gasteiger partial charge in [0.15, 0.2) is 0 Å². The van der Waals surface area contributed by atoms with Gasteiger partial charge in [-0.3, -0.25) is 0 Å². The predicted octanol–water partition coefficient (Wildman–Crippen LogP) is 4.23. The van der Waals surface area contributed by atoms with Gasteiger partial charge in [0.2, 0.25) is 0 Å². The first kappa shape index (κ1) is 13.5. The van der Waals surface area contributed by atoms with Gasteiger partial charge in [-0.1, -0.05) is 0 Å². The van der Waals surface area contributed by atoms with E-state index in [1.165, 1.54) is 24.4 Å². The van der Waals surface area contributed by atoms with Crippen molar-refractivity contribution in [2.24, 2.45) is 0 Å². The minimum atomic E-state index is 0.00138. The zero-order chi connectivity index (χ0) is 14.3. The van der Waals surface area contributed by atoms with Gasteiger partial charge in [0, 0.05) is 5.54 Å². The van der Waals surface area contributed by atoms with Gasteiger partial charge in [-0.2, -0.15) is 17.0 Å². The summed E-state index contributed by atoms with van der Waals surface area (Å²) in [5, 5.41) is 9.55. The number of nitrogens with zero attached hydrogens (tertiary/aromatic N) is 3. The molecular weight excluding hydrogens is 266 g/mol. The van der Waals surface area contributed by atoms with Crippen molar-refractivity contribution in [1.82, 2.24) is 9.55 Å². The van der Waals surface area contributed by atoms with E-state index >= 15 is 0 Å². The third-order valence-corrected chi connectivity index (χ3v) is 5.07. The van der Waals surface area contributed by atoms with Crippen LogP contribution in [-0.4, -0.2) is 15.3 Å². The van der Waals surface area contributed by atoms with Crippen LogP contribution in [0.5, 0.6) is 0 Å². The molecule has 1 aliphatic heterocycles. The van der Waals surface area contributed by atoms with Gasteiger partial charge in [-0.05, 0) is 57.6 Å². The van der Waals surface area contributed by atoms with E-state index in [9.17, 15) is 0 Å². The van der Waals surface area contributed by atoms with Gasteiger partial charge in [-0.25, -0.2) is 4.98 Å². The Balaban J connectivity index is 2.24. The van der Waals surface area contributed by atoms with Crippen LogP contribution in [0, 0.1) is 11.3 Å². The fourth-order valence-electron chi connectivity index (χ4n) is 2.87. The first-order valence-corrected chi connectivity index (χ1v) is 8.10. The topological polar surface area (TPSA) is 41.6 Å². The second kappa shape index (κ2) is 4.82. The van der Waals surface area contributed by atoms with E-state index in [2.05, 4.69) is 31.4 Å². The summed E-state index contributed by atoms with van der Waals surface area (Å²) in [7, 11) is 0. The molecule has 1 aromatic heterocycles. The molecule has 0 spiro atoms. The molecule has 2 aromatic rings. The van der Waals surface area contributed by atoms with Crippen molar-refractivity contribution in [3.8, 4) is 6.07 Å². The fraction of sp³-hybridized carbons (Fsp3) is 0.500. The molecule has 0 amide bonds. The van der Waals surface area contributed by atoms with E-state index in [1.54, 1.807) is 0 Å². The molecule has 1 saturated heterocycles. The van der Waals surface area contributed by atoms with Crippen LogP contribution in [0.3, 0.4) is 0 Å². The Bertz CT molecular complexity index is 682. The number of hydrogen-bond acceptors (Lipinski definition) is 3. The van der Waals surface area contributed by atoms with Crippen molar-refractivity contribution in [3.63, 3.8) is 0 Å². The second-order valence-electron chi connectivity index (χ2n) is 6.29.